The SMILES string of the molecule is CCOC(NC(C)=O)(OCC)C(OCC)(OC(C)C(C)(NC)SC(C)(C)C)C(=O)O. The topological polar surface area (TPSA) is 115 Å². The summed E-state index contributed by atoms with van der Waals surface area (Å²) in [7, 11) is 1.77. The van der Waals surface area contributed by atoms with Gasteiger partial charge >= 0.3 is 17.7 Å². The molecule has 0 rings (SSSR count). The smallest absolute Gasteiger partial charge is 0.372 e. The van der Waals surface area contributed by atoms with Gasteiger partial charge in [0.05, 0.1) is 11.0 Å². The molecule has 0 aromatic rings. The molecule has 0 saturated heterocycles. The van der Waals surface area contributed by atoms with E-state index < -0.39 is 34.5 Å². The molecule has 0 aromatic carbocycles. The van der Waals surface area contributed by atoms with Gasteiger partial charge in [0.15, 0.2) is 0 Å². The molecule has 0 aromatic heterocycles. The van der Waals surface area contributed by atoms with Crippen LogP contribution in [0.2, 0.25) is 0 Å². The Bertz CT molecular complexity index is 564. The number of thioether (sulfide) groups is 1. The van der Waals surface area contributed by atoms with Gasteiger partial charge in [0, 0.05) is 31.5 Å². The molecule has 0 radical (unpaired) electrons. The highest BCUT2D eigenvalue weighted by molar-refractivity contribution is 8.01. The van der Waals surface area contributed by atoms with Crippen molar-refractivity contribution >= 4 is 23.6 Å². The lowest BCUT2D eigenvalue weighted by atomic mass is 10.1. The lowest BCUT2D eigenvalue weighted by Crippen LogP contribution is -2.74. The zero-order valence-corrected chi connectivity index (χ0v) is 20.8. The lowest BCUT2D eigenvalue weighted by molar-refractivity contribution is -0.410. The average molecular weight is 453 g/mol. The van der Waals surface area contributed by atoms with E-state index in [4.69, 9.17) is 18.9 Å². The first-order valence-electron chi connectivity index (χ1n) is 10.2. The summed E-state index contributed by atoms with van der Waals surface area (Å²) in [6.45, 7) is 16.0. The zero-order valence-electron chi connectivity index (χ0n) is 20.0. The van der Waals surface area contributed by atoms with Crippen molar-refractivity contribution in [3.05, 3.63) is 0 Å². The molecule has 9 nitrogen and oxygen atoms in total. The van der Waals surface area contributed by atoms with Gasteiger partial charge in [-0.25, -0.2) is 4.79 Å². The van der Waals surface area contributed by atoms with Crippen molar-refractivity contribution in [3.8, 4) is 0 Å². The third-order valence-corrected chi connectivity index (χ3v) is 5.80. The van der Waals surface area contributed by atoms with E-state index in [1.54, 1.807) is 46.5 Å². The fraction of sp³-hybridized carbons (Fsp3) is 0.900. The Morgan fingerprint density at radius 1 is 1.00 bits per heavy atom. The predicted molar refractivity (Wildman–Crippen MR) is 117 cm³/mol. The second kappa shape index (κ2) is 11.6. The molecule has 0 aliphatic heterocycles. The highest BCUT2D eigenvalue weighted by Crippen LogP contribution is 2.41. The monoisotopic (exact) mass is 452 g/mol. The molecule has 0 heterocycles. The number of rotatable bonds is 14. The first-order chi connectivity index (χ1) is 13.7. The quantitative estimate of drug-likeness (QED) is 0.342. The minimum atomic E-state index is -2.46. The minimum Gasteiger partial charge on any atom is -0.477 e. The van der Waals surface area contributed by atoms with Crippen LogP contribution in [0.4, 0.5) is 0 Å². The Morgan fingerprint density at radius 2 is 1.47 bits per heavy atom. The van der Waals surface area contributed by atoms with Crippen molar-refractivity contribution in [2.75, 3.05) is 26.9 Å². The number of carboxylic acids is 1. The van der Waals surface area contributed by atoms with Crippen molar-refractivity contribution in [1.29, 1.82) is 0 Å². The van der Waals surface area contributed by atoms with E-state index in [2.05, 4.69) is 31.4 Å². The van der Waals surface area contributed by atoms with Gasteiger partial charge in [-0.05, 0) is 41.7 Å². The molecule has 30 heavy (non-hydrogen) atoms. The van der Waals surface area contributed by atoms with Crippen LogP contribution in [0.1, 0.15) is 62.3 Å². The lowest BCUT2D eigenvalue weighted by Gasteiger charge is -2.48. The number of carboxylic acid groups (broad SMARTS) is 1. The van der Waals surface area contributed by atoms with Crippen molar-refractivity contribution in [3.63, 3.8) is 0 Å². The summed E-state index contributed by atoms with van der Waals surface area (Å²) in [4.78, 5) is 24.0. The molecule has 178 valence electrons. The second-order valence-corrected chi connectivity index (χ2v) is 10.1. The minimum absolute atomic E-state index is 0.0246. The van der Waals surface area contributed by atoms with Crippen molar-refractivity contribution in [1.82, 2.24) is 10.6 Å². The van der Waals surface area contributed by atoms with Crippen molar-refractivity contribution in [2.45, 2.75) is 89.7 Å². The van der Waals surface area contributed by atoms with Gasteiger partial charge in [0.2, 0.25) is 5.91 Å². The number of amides is 1. The van der Waals surface area contributed by atoms with Crippen LogP contribution >= 0.6 is 11.8 Å². The third-order valence-electron chi connectivity index (χ3n) is 4.23. The molecule has 1 amide bonds. The molecule has 3 atom stereocenters. The summed E-state index contributed by atoms with van der Waals surface area (Å²) in [6.07, 6.45) is -0.705. The van der Waals surface area contributed by atoms with Crippen molar-refractivity contribution in [2.24, 2.45) is 0 Å². The number of hydrogen-bond donors (Lipinski definition) is 3. The third kappa shape index (κ3) is 7.06. The highest BCUT2D eigenvalue weighted by Gasteiger charge is 2.65. The molecular weight excluding hydrogens is 412 g/mol. The number of likely N-dealkylation sites (N-methyl/N-ethyl adjacent to an activating group) is 1. The molecule has 3 unspecified atom stereocenters. The van der Waals surface area contributed by atoms with Gasteiger partial charge in [-0.15, -0.1) is 11.8 Å². The molecule has 3 N–H and O–H groups in total. The van der Waals surface area contributed by atoms with Gasteiger partial charge in [0.1, 0.15) is 0 Å². The van der Waals surface area contributed by atoms with Crippen LogP contribution in [-0.4, -0.2) is 71.3 Å². The predicted octanol–water partition coefficient (Wildman–Crippen LogP) is 2.54. The molecule has 0 spiro atoms. The standard InChI is InChI=1S/C20H40N2O7S/c1-11-26-19(16(24)25,20(27-12-2,28-13-3)22-15(5)23)29-14(4)18(9,21-10)30-17(6,7)8/h14,21H,11-13H2,1-10H3,(H,22,23)(H,24,25). The van der Waals surface area contributed by atoms with Crippen LogP contribution < -0.4 is 10.6 Å². The van der Waals surface area contributed by atoms with Gasteiger partial charge in [-0.1, -0.05) is 20.8 Å². The van der Waals surface area contributed by atoms with Gasteiger partial charge in [-0.2, -0.15) is 0 Å². The van der Waals surface area contributed by atoms with Gasteiger partial charge in [0.25, 0.3) is 0 Å². The summed E-state index contributed by atoms with van der Waals surface area (Å²) in [5, 5.41) is 16.0. The molecule has 0 saturated carbocycles. The molecule has 0 aliphatic carbocycles. The number of carbonyl (C=O) groups excluding carboxylic acids is 1. The first kappa shape index (κ1) is 29.1. The Balaban J connectivity index is 6.59. The normalized spacial score (nSPS) is 17.7. The maximum absolute atomic E-state index is 12.6. The molecule has 0 fully saturated rings. The Hall–Kier alpha value is -0.910. The van der Waals surface area contributed by atoms with Crippen molar-refractivity contribution < 1.29 is 33.6 Å². The molecular formula is C20H40N2O7S. The molecule has 0 bridgehead atoms. The maximum Gasteiger partial charge on any atom is 0.372 e. The van der Waals surface area contributed by atoms with E-state index in [0.29, 0.717) is 0 Å². The Kier molecular flexibility index (Phi) is 11.3. The number of nitrogens with one attached hydrogen (secondary N) is 2. The summed E-state index contributed by atoms with van der Waals surface area (Å²) < 4.78 is 23.1. The number of ether oxygens (including phenoxy) is 4. The van der Waals surface area contributed by atoms with E-state index in [-0.39, 0.29) is 24.6 Å². The number of aliphatic carboxylic acids is 1. The first-order valence-corrected chi connectivity index (χ1v) is 11.0. The van der Waals surface area contributed by atoms with E-state index in [1.165, 1.54) is 6.92 Å². The summed E-state index contributed by atoms with van der Waals surface area (Å²) in [6, 6.07) is 0. The highest BCUT2D eigenvalue weighted by atomic mass is 32.2. The number of carbonyl (C=O) groups is 2. The van der Waals surface area contributed by atoms with Gasteiger partial charge in [-0.3, -0.25) is 10.1 Å². The van der Waals surface area contributed by atoms with E-state index >= 15 is 0 Å². The zero-order chi connectivity index (χ0) is 23.8. The maximum atomic E-state index is 12.6. The molecule has 10 heteroatoms. The summed E-state index contributed by atoms with van der Waals surface area (Å²) in [5.74, 6) is -6.69. The van der Waals surface area contributed by atoms with Crippen LogP contribution in [0.15, 0.2) is 0 Å². The largest absolute Gasteiger partial charge is 0.477 e. The fourth-order valence-corrected chi connectivity index (χ4v) is 4.61. The van der Waals surface area contributed by atoms with Crippen LogP contribution in [0.3, 0.4) is 0 Å². The van der Waals surface area contributed by atoms with Gasteiger partial charge < -0.3 is 29.4 Å². The fourth-order valence-electron chi connectivity index (χ4n) is 3.02. The average Bonchev–Trinajstić information content (AvgIpc) is 2.59. The van der Waals surface area contributed by atoms with E-state index in [0.717, 1.165) is 0 Å². The van der Waals surface area contributed by atoms with E-state index in [1.807, 2.05) is 6.92 Å². The number of hydrogen-bond acceptors (Lipinski definition) is 8. The van der Waals surface area contributed by atoms with Crippen LogP contribution in [0.25, 0.3) is 0 Å². The second-order valence-electron chi connectivity index (χ2n) is 7.85. The summed E-state index contributed by atoms with van der Waals surface area (Å²) >= 11 is 1.58. The Labute approximate surface area is 184 Å². The van der Waals surface area contributed by atoms with Crippen LogP contribution in [0.5, 0.6) is 0 Å². The Morgan fingerprint density at radius 3 is 1.77 bits per heavy atom. The van der Waals surface area contributed by atoms with Crippen LogP contribution in [0, 0.1) is 0 Å². The summed E-state index contributed by atoms with van der Waals surface area (Å²) in [5.41, 5.74) is 0. The van der Waals surface area contributed by atoms with Crippen LogP contribution in [-0.2, 0) is 28.5 Å². The van der Waals surface area contributed by atoms with E-state index in [9.17, 15) is 14.7 Å². The molecule has 0 aliphatic rings.